The first-order chi connectivity index (χ1) is 21.8. The number of hydrogen-bond acceptors (Lipinski definition) is 4. The zero-order chi connectivity index (χ0) is 33.0. The molecule has 1 radical (unpaired) electrons. The molecule has 45 heavy (non-hydrogen) atoms. The van der Waals surface area contributed by atoms with Crippen molar-refractivity contribution in [2.75, 3.05) is 0 Å². The summed E-state index contributed by atoms with van der Waals surface area (Å²) in [6, 6.07) is 26.5. The second kappa shape index (κ2) is 13.0. The van der Waals surface area contributed by atoms with Crippen molar-refractivity contribution in [3.63, 3.8) is 0 Å². The molecule has 0 aliphatic rings. The summed E-state index contributed by atoms with van der Waals surface area (Å²) < 4.78 is 24.9. The summed E-state index contributed by atoms with van der Waals surface area (Å²) in [5, 5.41) is 3.42. The number of furan rings is 1. The quantitative estimate of drug-likeness (QED) is 0.167. The fourth-order valence-electron chi connectivity index (χ4n) is 5.39. The van der Waals surface area contributed by atoms with E-state index in [2.05, 4.69) is 87.1 Å². The Kier molecular flexibility index (Phi) is 8.68. The second-order valence-corrected chi connectivity index (χ2v) is 13.8. The Morgan fingerprint density at radius 1 is 0.867 bits per heavy atom. The van der Waals surface area contributed by atoms with Gasteiger partial charge in [-0.2, -0.15) is 0 Å². The molecule has 0 aliphatic carbocycles. The van der Waals surface area contributed by atoms with Gasteiger partial charge in [0, 0.05) is 55.6 Å². The van der Waals surface area contributed by atoms with Gasteiger partial charge >= 0.3 is 0 Å². The van der Waals surface area contributed by atoms with Gasteiger partial charge < -0.3 is 14.4 Å². The first-order valence-electron chi connectivity index (χ1n) is 15.9. The van der Waals surface area contributed by atoms with Crippen molar-refractivity contribution in [1.82, 2.24) is 9.97 Å². The topological polar surface area (TPSA) is 38.9 Å². The predicted octanol–water partition coefficient (Wildman–Crippen LogP) is 11.3. The molecular weight excluding hydrogens is 749 g/mol. The molecule has 0 saturated heterocycles. The standard InChI is InChI=1S/C26H24NOS.C14H14N.Ir/c1-15-16(2)29-22-10-9-21-24(23(15)22)19-8-6-7-18(25(19)28-21)20-13-17(11-12-27-20)14-26(3,4)5;1-10-4-6-13(7-5-10)14-8-11(2)12(3)9-15-14;/h6,8-13H,14H2,1-5H3;4-6,8-9H,1-3H3;/q2*-1;/i14D2;;. The van der Waals surface area contributed by atoms with Crippen LogP contribution in [0.2, 0.25) is 0 Å². The van der Waals surface area contributed by atoms with Crippen LogP contribution in [0.4, 0.5) is 0 Å². The summed E-state index contributed by atoms with van der Waals surface area (Å²) >= 11 is 1.81. The SMILES string of the molecule is Cc1c[c-]c(-c2cc(C)c(C)cn2)cc1.[2H]C([2H])(c1ccnc(-c2[c-]ccc3c2oc2ccc4sc(C)c(C)c4c23)c1)C(C)(C)C.[Ir]. The Balaban J connectivity index is 0.000000228. The van der Waals surface area contributed by atoms with E-state index in [-0.39, 0.29) is 20.1 Å². The molecule has 3 aromatic carbocycles. The summed E-state index contributed by atoms with van der Waals surface area (Å²) in [5.41, 5.74) is 10.2. The van der Waals surface area contributed by atoms with E-state index in [1.807, 2.05) is 62.6 Å². The van der Waals surface area contributed by atoms with Gasteiger partial charge in [-0.15, -0.1) is 64.9 Å². The molecule has 4 aromatic heterocycles. The zero-order valence-electron chi connectivity index (χ0n) is 29.0. The molecule has 0 amide bonds. The van der Waals surface area contributed by atoms with E-state index in [0.717, 1.165) is 38.8 Å². The third-order valence-corrected chi connectivity index (χ3v) is 9.05. The van der Waals surface area contributed by atoms with Crippen LogP contribution in [0.25, 0.3) is 54.5 Å². The van der Waals surface area contributed by atoms with Crippen LogP contribution in [0.1, 0.15) is 56.2 Å². The van der Waals surface area contributed by atoms with Crippen molar-refractivity contribution in [2.45, 2.75) is 61.8 Å². The van der Waals surface area contributed by atoms with E-state index in [0.29, 0.717) is 11.3 Å². The Hall–Kier alpha value is -3.63. The van der Waals surface area contributed by atoms with Gasteiger partial charge in [0.05, 0.1) is 5.58 Å². The normalized spacial score (nSPS) is 12.4. The zero-order valence-corrected chi connectivity index (χ0v) is 30.2. The van der Waals surface area contributed by atoms with Crippen molar-refractivity contribution in [1.29, 1.82) is 0 Å². The van der Waals surface area contributed by atoms with E-state index in [1.54, 1.807) is 12.3 Å². The summed E-state index contributed by atoms with van der Waals surface area (Å²) in [4.78, 5) is 10.3. The maximum atomic E-state index is 8.65. The molecule has 0 bridgehead atoms. The van der Waals surface area contributed by atoms with Crippen molar-refractivity contribution >= 4 is 43.4 Å². The molecule has 3 nitrogen and oxygen atoms in total. The third-order valence-electron chi connectivity index (χ3n) is 7.88. The van der Waals surface area contributed by atoms with Crippen LogP contribution in [-0.4, -0.2) is 9.97 Å². The number of pyridine rings is 2. The molecule has 7 rings (SSSR count). The van der Waals surface area contributed by atoms with Crippen molar-refractivity contribution < 1.29 is 27.3 Å². The summed E-state index contributed by atoms with van der Waals surface area (Å²) in [5.74, 6) is 0. The Labute approximate surface area is 286 Å². The molecule has 0 N–H and O–H groups in total. The van der Waals surface area contributed by atoms with Crippen LogP contribution >= 0.6 is 11.3 Å². The van der Waals surface area contributed by atoms with Crippen LogP contribution in [0.5, 0.6) is 0 Å². The number of thiophene rings is 1. The second-order valence-electron chi connectivity index (χ2n) is 12.5. The molecule has 5 heteroatoms. The van der Waals surface area contributed by atoms with Crippen LogP contribution in [0.15, 0.2) is 77.5 Å². The minimum absolute atomic E-state index is 0. The summed E-state index contributed by atoms with van der Waals surface area (Å²) in [7, 11) is 0. The average molecular weight is 789 g/mol. The van der Waals surface area contributed by atoms with Crippen LogP contribution in [0, 0.1) is 52.2 Å². The molecule has 0 fully saturated rings. The molecule has 231 valence electrons. The molecule has 0 atom stereocenters. The van der Waals surface area contributed by atoms with Gasteiger partial charge in [-0.1, -0.05) is 61.9 Å². The van der Waals surface area contributed by atoms with E-state index in [4.69, 9.17) is 7.16 Å². The molecular formula is C40H38IrN2OS-2. The molecule has 0 unspecified atom stereocenters. The number of benzene rings is 3. The van der Waals surface area contributed by atoms with Gasteiger partial charge in [-0.3, -0.25) is 0 Å². The van der Waals surface area contributed by atoms with E-state index in [9.17, 15) is 0 Å². The third kappa shape index (κ3) is 6.82. The number of fused-ring (bicyclic) bond motifs is 5. The maximum absolute atomic E-state index is 8.65. The van der Waals surface area contributed by atoms with E-state index < -0.39 is 11.8 Å². The minimum Gasteiger partial charge on any atom is -0.501 e. The van der Waals surface area contributed by atoms with Gasteiger partial charge in [0.15, 0.2) is 0 Å². The first-order valence-corrected chi connectivity index (χ1v) is 15.7. The van der Waals surface area contributed by atoms with Gasteiger partial charge in [0.2, 0.25) is 0 Å². The average Bonchev–Trinajstić information content (AvgIpc) is 3.55. The molecule has 7 aromatic rings. The van der Waals surface area contributed by atoms with Crippen LogP contribution in [0.3, 0.4) is 0 Å². The van der Waals surface area contributed by atoms with E-state index in [1.165, 1.54) is 37.2 Å². The monoisotopic (exact) mass is 789 g/mol. The largest absolute Gasteiger partial charge is 0.501 e. The molecule has 0 aliphatic heterocycles. The van der Waals surface area contributed by atoms with Crippen molar-refractivity contribution in [3.05, 3.63) is 118 Å². The van der Waals surface area contributed by atoms with Gasteiger partial charge in [-0.25, -0.2) is 0 Å². The maximum Gasteiger partial charge on any atom is 0.121 e. The first kappa shape index (κ1) is 30.0. The number of aromatic nitrogens is 2. The molecule has 4 heterocycles. The summed E-state index contributed by atoms with van der Waals surface area (Å²) in [6.45, 7) is 16.3. The Bertz CT molecular complexity index is 2230. The molecule has 0 saturated carbocycles. The van der Waals surface area contributed by atoms with Gasteiger partial charge in [-0.05, 0) is 80.2 Å². The number of nitrogens with zero attached hydrogens (tertiary/aromatic N) is 2. The molecule has 0 spiro atoms. The van der Waals surface area contributed by atoms with Gasteiger partial charge in [0.1, 0.15) is 5.58 Å². The van der Waals surface area contributed by atoms with Gasteiger partial charge in [0.25, 0.3) is 0 Å². The number of aryl methyl sites for hydroxylation is 5. The summed E-state index contributed by atoms with van der Waals surface area (Å²) in [6.07, 6.45) is 2.09. The van der Waals surface area contributed by atoms with Crippen LogP contribution < -0.4 is 0 Å². The fourth-order valence-corrected chi connectivity index (χ4v) is 6.47. The number of rotatable bonds is 3. The fraction of sp³-hybridized carbons (Fsp3) is 0.250. The smallest absolute Gasteiger partial charge is 0.121 e. The van der Waals surface area contributed by atoms with E-state index >= 15 is 0 Å². The minimum atomic E-state index is -1.50. The van der Waals surface area contributed by atoms with Crippen molar-refractivity contribution in [3.8, 4) is 22.5 Å². The Morgan fingerprint density at radius 2 is 1.67 bits per heavy atom. The predicted molar refractivity (Wildman–Crippen MR) is 187 cm³/mol. The number of hydrogen-bond donors (Lipinski definition) is 0. The van der Waals surface area contributed by atoms with Crippen molar-refractivity contribution in [2.24, 2.45) is 5.41 Å². The Morgan fingerprint density at radius 3 is 2.38 bits per heavy atom. The van der Waals surface area contributed by atoms with Crippen LogP contribution in [-0.2, 0) is 26.5 Å².